The number of carbonyl (C=O) groups excluding carboxylic acids is 1. The van der Waals surface area contributed by atoms with E-state index in [0.29, 0.717) is 17.6 Å². The second kappa shape index (κ2) is 8.48. The van der Waals surface area contributed by atoms with E-state index >= 15 is 0 Å². The van der Waals surface area contributed by atoms with E-state index in [0.717, 1.165) is 25.0 Å². The molecule has 2 aromatic heterocycles. The lowest BCUT2D eigenvalue weighted by atomic mass is 10.2. The smallest absolute Gasteiger partial charge is 0.298 e. The van der Waals surface area contributed by atoms with Crippen molar-refractivity contribution in [1.29, 1.82) is 0 Å². The molecule has 1 aliphatic carbocycles. The lowest BCUT2D eigenvalue weighted by molar-refractivity contribution is -0.137. The quantitative estimate of drug-likeness (QED) is 0.448. The van der Waals surface area contributed by atoms with Gasteiger partial charge in [0.25, 0.3) is 5.91 Å². The Kier molecular flexibility index (Phi) is 5.84. The number of carbonyl (C=O) groups is 1. The predicted octanol–water partition coefficient (Wildman–Crippen LogP) is 2.79. The van der Waals surface area contributed by atoms with Gasteiger partial charge in [-0.05, 0) is 56.2 Å². The fourth-order valence-corrected chi connectivity index (χ4v) is 4.25. The lowest BCUT2D eigenvalue weighted by Crippen LogP contribution is -2.30. The zero-order valence-electron chi connectivity index (χ0n) is 17.2. The number of hydrogen-bond donors (Lipinski definition) is 3. The fraction of sp³-hybridized carbons (Fsp3) is 0.250. The van der Waals surface area contributed by atoms with Crippen LogP contribution in [0.3, 0.4) is 0 Å². The van der Waals surface area contributed by atoms with Gasteiger partial charge >= 0.3 is 6.18 Å². The first kappa shape index (κ1) is 22.7. The first-order chi connectivity index (χ1) is 15.5. The Balaban J connectivity index is 1.41. The first-order valence-corrected chi connectivity index (χ1v) is 11.3. The van der Waals surface area contributed by atoms with Crippen molar-refractivity contribution in [2.24, 2.45) is 0 Å². The van der Waals surface area contributed by atoms with Crippen molar-refractivity contribution in [2.45, 2.75) is 36.9 Å². The summed E-state index contributed by atoms with van der Waals surface area (Å²) in [6, 6.07) is 7.88. The number of rotatable bonds is 7. The van der Waals surface area contributed by atoms with E-state index < -0.39 is 27.7 Å². The van der Waals surface area contributed by atoms with Crippen molar-refractivity contribution in [1.82, 2.24) is 24.9 Å². The predicted molar refractivity (Wildman–Crippen MR) is 112 cm³/mol. The molecular weight excluding hydrogens is 461 g/mol. The lowest BCUT2D eigenvalue weighted by Gasteiger charge is -2.10. The molecule has 1 fully saturated rings. The van der Waals surface area contributed by atoms with Gasteiger partial charge in [-0.15, -0.1) is 0 Å². The Morgan fingerprint density at radius 3 is 2.36 bits per heavy atom. The number of halogens is 3. The Morgan fingerprint density at radius 1 is 1.09 bits per heavy atom. The average Bonchev–Trinajstić information content (AvgIpc) is 3.49. The van der Waals surface area contributed by atoms with Crippen LogP contribution < -0.4 is 15.6 Å². The summed E-state index contributed by atoms with van der Waals surface area (Å²) in [4.78, 5) is 16.4. The van der Waals surface area contributed by atoms with Crippen molar-refractivity contribution in [3.63, 3.8) is 0 Å². The number of sulfonamides is 1. The van der Waals surface area contributed by atoms with Gasteiger partial charge in [0, 0.05) is 12.2 Å². The highest BCUT2D eigenvalue weighted by Crippen LogP contribution is 2.29. The first-order valence-electron chi connectivity index (χ1n) is 9.81. The number of alkyl halides is 3. The molecule has 13 heteroatoms. The molecule has 2 heterocycles. The second-order valence-corrected chi connectivity index (χ2v) is 9.17. The highest BCUT2D eigenvalue weighted by Gasteiger charge is 2.31. The maximum absolute atomic E-state index is 12.7. The summed E-state index contributed by atoms with van der Waals surface area (Å²) in [5.74, 6) is -0.415. The van der Waals surface area contributed by atoms with Crippen molar-refractivity contribution in [3.05, 3.63) is 65.6 Å². The molecule has 9 nitrogen and oxygen atoms in total. The molecule has 174 valence electrons. The number of nitrogens with one attached hydrogen (secondary N) is 3. The minimum atomic E-state index is -4.50. The third kappa shape index (κ3) is 5.14. The van der Waals surface area contributed by atoms with Crippen molar-refractivity contribution >= 4 is 21.6 Å². The summed E-state index contributed by atoms with van der Waals surface area (Å²) >= 11 is 0. The number of hydrogen-bond acceptors (Lipinski definition) is 6. The molecule has 4 rings (SSSR count). The molecule has 3 N–H and O–H groups in total. The van der Waals surface area contributed by atoms with Gasteiger partial charge in [-0.25, -0.2) is 22.8 Å². The van der Waals surface area contributed by atoms with E-state index in [2.05, 4.69) is 25.7 Å². The monoisotopic (exact) mass is 480 g/mol. The summed E-state index contributed by atoms with van der Waals surface area (Å²) in [6.45, 7) is 1.58. The minimum absolute atomic E-state index is 0.00554. The number of amides is 1. The minimum Gasteiger partial charge on any atom is -0.298 e. The zero-order chi connectivity index (χ0) is 23.8. The summed E-state index contributed by atoms with van der Waals surface area (Å²) in [5, 5.41) is 4.03. The van der Waals surface area contributed by atoms with Crippen LogP contribution in [0.25, 0.3) is 5.82 Å². The van der Waals surface area contributed by atoms with E-state index in [1.54, 1.807) is 6.92 Å². The highest BCUT2D eigenvalue weighted by molar-refractivity contribution is 7.89. The van der Waals surface area contributed by atoms with Gasteiger partial charge in [-0.1, -0.05) is 0 Å². The standard InChI is InChI=1S/C20H19F3N6O3S/c1-12-17(11-25-29(12)18-9-2-13(10-24-18)20(21,22)23)19(30)27-26-14-5-7-16(8-6-14)33(31,32)28-15-3-4-15/h2,5-11,15,26,28H,3-4H2,1H3,(H,27,30). The molecule has 0 bridgehead atoms. The van der Waals surface area contributed by atoms with Crippen LogP contribution in [0.15, 0.2) is 53.7 Å². The number of anilines is 1. The van der Waals surface area contributed by atoms with Crippen LogP contribution in [-0.2, 0) is 16.2 Å². The fourth-order valence-electron chi connectivity index (χ4n) is 2.94. The summed E-state index contributed by atoms with van der Waals surface area (Å²) < 4.78 is 66.4. The van der Waals surface area contributed by atoms with E-state index in [4.69, 9.17) is 0 Å². The van der Waals surface area contributed by atoms with Gasteiger partial charge in [0.15, 0.2) is 5.82 Å². The van der Waals surface area contributed by atoms with Crippen LogP contribution >= 0.6 is 0 Å². The maximum Gasteiger partial charge on any atom is 0.417 e. The zero-order valence-corrected chi connectivity index (χ0v) is 18.0. The number of hydrazine groups is 1. The largest absolute Gasteiger partial charge is 0.417 e. The second-order valence-electron chi connectivity index (χ2n) is 7.46. The molecule has 0 spiro atoms. The molecular formula is C20H19F3N6O3S. The number of aromatic nitrogens is 3. The topological polar surface area (TPSA) is 118 Å². The van der Waals surface area contributed by atoms with E-state index in [1.165, 1.54) is 35.1 Å². The maximum atomic E-state index is 12.7. The van der Waals surface area contributed by atoms with E-state index in [-0.39, 0.29) is 22.3 Å². The van der Waals surface area contributed by atoms with Gasteiger partial charge in [-0.2, -0.15) is 18.3 Å². The molecule has 0 unspecified atom stereocenters. The van der Waals surface area contributed by atoms with E-state index in [1.807, 2.05) is 0 Å². The van der Waals surface area contributed by atoms with Gasteiger partial charge in [0.2, 0.25) is 10.0 Å². The van der Waals surface area contributed by atoms with Gasteiger partial charge in [0.1, 0.15) is 0 Å². The van der Waals surface area contributed by atoms with Crippen LogP contribution in [-0.4, -0.2) is 35.1 Å². The molecule has 33 heavy (non-hydrogen) atoms. The molecule has 1 amide bonds. The average molecular weight is 480 g/mol. The summed E-state index contributed by atoms with van der Waals surface area (Å²) in [6.07, 6.45) is -0.879. The van der Waals surface area contributed by atoms with Gasteiger partial charge in [-0.3, -0.25) is 15.6 Å². The molecule has 3 aromatic rings. The van der Waals surface area contributed by atoms with Crippen molar-refractivity contribution in [2.75, 3.05) is 5.43 Å². The highest BCUT2D eigenvalue weighted by atomic mass is 32.2. The van der Waals surface area contributed by atoms with Crippen molar-refractivity contribution in [3.8, 4) is 5.82 Å². The van der Waals surface area contributed by atoms with Gasteiger partial charge in [0.05, 0.1) is 33.6 Å². The summed E-state index contributed by atoms with van der Waals surface area (Å²) in [7, 11) is -3.57. The van der Waals surface area contributed by atoms with Gasteiger partial charge < -0.3 is 0 Å². The Bertz CT molecular complexity index is 1270. The van der Waals surface area contributed by atoms with Crippen molar-refractivity contribution < 1.29 is 26.4 Å². The number of benzene rings is 1. The molecule has 1 saturated carbocycles. The Labute approximate surface area is 187 Å². The molecule has 0 radical (unpaired) electrons. The normalized spacial score (nSPS) is 14.2. The molecule has 0 saturated heterocycles. The molecule has 0 aliphatic heterocycles. The van der Waals surface area contributed by atoms with Crippen LogP contribution in [0.2, 0.25) is 0 Å². The van der Waals surface area contributed by atoms with Crippen LogP contribution in [0.5, 0.6) is 0 Å². The molecule has 0 atom stereocenters. The molecule has 1 aromatic carbocycles. The molecule has 1 aliphatic rings. The number of pyridine rings is 1. The van der Waals surface area contributed by atoms with Crippen LogP contribution in [0.4, 0.5) is 18.9 Å². The summed E-state index contributed by atoms with van der Waals surface area (Å²) in [5.41, 5.74) is 5.26. The SMILES string of the molecule is Cc1c(C(=O)NNc2ccc(S(=O)(=O)NC3CC3)cc2)cnn1-c1ccc(C(F)(F)F)cn1. The number of nitrogens with zero attached hydrogens (tertiary/aromatic N) is 3. The third-order valence-corrected chi connectivity index (χ3v) is 6.47. The van der Waals surface area contributed by atoms with Crippen LogP contribution in [0, 0.1) is 6.92 Å². The van der Waals surface area contributed by atoms with Crippen LogP contribution in [0.1, 0.15) is 34.5 Å². The Morgan fingerprint density at radius 2 is 1.79 bits per heavy atom. The van der Waals surface area contributed by atoms with E-state index in [9.17, 15) is 26.4 Å². The third-order valence-electron chi connectivity index (χ3n) is 4.93. The Hall–Kier alpha value is -3.45.